The van der Waals surface area contributed by atoms with Crippen molar-refractivity contribution in [2.45, 2.75) is 31.3 Å². The van der Waals surface area contributed by atoms with Crippen LogP contribution < -0.4 is 11.2 Å². The first-order chi connectivity index (χ1) is 9.91. The molecular weight excluding hydrogens is 278 g/mol. The first kappa shape index (κ1) is 15.2. The summed E-state index contributed by atoms with van der Waals surface area (Å²) in [5, 5.41) is 28.3. The minimum Gasteiger partial charge on any atom is -0.394 e. The maximum atomic E-state index is 11.8. The third-order valence-corrected chi connectivity index (χ3v) is 3.45. The number of nitrogens with zero attached hydrogens (tertiary/aromatic N) is 2. The average molecular weight is 293 g/mol. The van der Waals surface area contributed by atoms with E-state index in [-0.39, 0.29) is 6.42 Å². The highest BCUT2D eigenvalue weighted by atomic mass is 16.5. The zero-order chi connectivity index (χ0) is 15.6. The molecule has 1 aliphatic rings. The number of aromatic nitrogens is 2. The van der Waals surface area contributed by atoms with Crippen LogP contribution in [0.3, 0.4) is 0 Å². The number of allylic oxidation sites excluding steroid dienone is 1. The van der Waals surface area contributed by atoms with Crippen LogP contribution in [0.1, 0.15) is 18.2 Å². The predicted molar refractivity (Wildman–Crippen MR) is 71.4 cm³/mol. The lowest BCUT2D eigenvalue weighted by Crippen LogP contribution is -2.38. The van der Waals surface area contributed by atoms with E-state index in [1.165, 1.54) is 19.2 Å². The molecule has 0 aliphatic carbocycles. The Labute approximate surface area is 119 Å². The van der Waals surface area contributed by atoms with E-state index < -0.39 is 35.8 Å². The molecule has 1 aromatic rings. The molecule has 0 saturated carbocycles. The topological polar surface area (TPSA) is 128 Å². The van der Waals surface area contributed by atoms with Crippen LogP contribution >= 0.6 is 0 Å². The number of aryl methyl sites for hydroxylation is 1. The van der Waals surface area contributed by atoms with Gasteiger partial charge in [-0.05, 0) is 13.0 Å². The molecule has 8 nitrogen and oxygen atoms in total. The summed E-state index contributed by atoms with van der Waals surface area (Å²) in [6, 6.07) is 1.75. The van der Waals surface area contributed by atoms with Crippen molar-refractivity contribution < 1.29 is 14.9 Å². The predicted octanol–water partition coefficient (Wildman–Crippen LogP) is -1.06. The Hall–Kier alpha value is -2.21. The molecule has 3 atom stereocenters. The second-order valence-corrected chi connectivity index (χ2v) is 4.90. The van der Waals surface area contributed by atoms with E-state index in [4.69, 9.17) is 10.00 Å². The third-order valence-electron chi connectivity index (χ3n) is 3.45. The summed E-state index contributed by atoms with van der Waals surface area (Å²) in [5.74, 6) is 0. The lowest BCUT2D eigenvalue weighted by atomic mass is 9.94. The van der Waals surface area contributed by atoms with Crippen LogP contribution in [-0.2, 0) is 4.74 Å². The van der Waals surface area contributed by atoms with Gasteiger partial charge in [0.2, 0.25) is 0 Å². The summed E-state index contributed by atoms with van der Waals surface area (Å²) in [4.78, 5) is 25.3. The highest BCUT2D eigenvalue weighted by Crippen LogP contribution is 2.36. The molecule has 21 heavy (non-hydrogen) atoms. The molecular formula is C13H15N3O5. The second kappa shape index (κ2) is 5.65. The SMILES string of the molecule is Cc1cn([C@H]2C[C@@](O)(C=CC#N)[C@@H](CO)O2)c(=O)[nH]c1=O. The van der Waals surface area contributed by atoms with Crippen LogP contribution in [0.25, 0.3) is 0 Å². The van der Waals surface area contributed by atoms with E-state index in [1.807, 2.05) is 0 Å². The van der Waals surface area contributed by atoms with Gasteiger partial charge in [0.25, 0.3) is 5.56 Å². The zero-order valence-corrected chi connectivity index (χ0v) is 11.3. The summed E-state index contributed by atoms with van der Waals surface area (Å²) < 4.78 is 6.62. The fourth-order valence-corrected chi connectivity index (χ4v) is 2.29. The number of nitrogens with one attached hydrogen (secondary N) is 1. The fourth-order valence-electron chi connectivity index (χ4n) is 2.29. The number of nitriles is 1. The number of hydrogen-bond acceptors (Lipinski definition) is 6. The zero-order valence-electron chi connectivity index (χ0n) is 11.3. The van der Waals surface area contributed by atoms with Gasteiger partial charge in [0.1, 0.15) is 17.9 Å². The summed E-state index contributed by atoms with van der Waals surface area (Å²) in [6.45, 7) is 1.06. The van der Waals surface area contributed by atoms with Crippen LogP contribution in [0.4, 0.5) is 0 Å². The largest absolute Gasteiger partial charge is 0.394 e. The Morgan fingerprint density at radius 2 is 2.38 bits per heavy atom. The third kappa shape index (κ3) is 2.80. The van der Waals surface area contributed by atoms with Gasteiger partial charge in [0.15, 0.2) is 0 Å². The number of aliphatic hydroxyl groups is 2. The van der Waals surface area contributed by atoms with Crippen LogP contribution in [0.2, 0.25) is 0 Å². The number of aromatic amines is 1. The van der Waals surface area contributed by atoms with Crippen molar-refractivity contribution in [1.29, 1.82) is 5.26 Å². The summed E-state index contributed by atoms with van der Waals surface area (Å²) in [5.41, 5.74) is -2.39. The Kier molecular flexibility index (Phi) is 4.09. The standard InChI is InChI=1S/C13H15N3O5/c1-8-6-16(12(19)15-11(8)18)10-5-13(20,3-2-4-14)9(7-17)21-10/h2-3,6,9-10,17,20H,5,7H2,1H3,(H,15,18,19)/t9-,10-,13+/m1/s1. The second-order valence-electron chi connectivity index (χ2n) is 4.90. The van der Waals surface area contributed by atoms with Crippen LogP contribution in [0.5, 0.6) is 0 Å². The Bertz CT molecular complexity index is 714. The van der Waals surface area contributed by atoms with Crippen LogP contribution in [0.15, 0.2) is 27.9 Å². The normalized spacial score (nSPS) is 28.9. The summed E-state index contributed by atoms with van der Waals surface area (Å²) >= 11 is 0. The molecule has 0 amide bonds. The van der Waals surface area contributed by atoms with Crippen LogP contribution in [0, 0.1) is 18.3 Å². The van der Waals surface area contributed by atoms with Gasteiger partial charge in [0.05, 0.1) is 12.7 Å². The highest BCUT2D eigenvalue weighted by molar-refractivity contribution is 5.16. The van der Waals surface area contributed by atoms with Crippen molar-refractivity contribution in [3.8, 4) is 6.07 Å². The van der Waals surface area contributed by atoms with E-state index in [9.17, 15) is 19.8 Å². The molecule has 0 unspecified atom stereocenters. The molecule has 0 aromatic carbocycles. The van der Waals surface area contributed by atoms with E-state index in [0.717, 1.165) is 10.6 Å². The molecule has 1 aromatic heterocycles. The maximum Gasteiger partial charge on any atom is 0.330 e. The quantitative estimate of drug-likeness (QED) is 0.609. The lowest BCUT2D eigenvalue weighted by molar-refractivity contribution is -0.0654. The monoisotopic (exact) mass is 293 g/mol. The molecule has 0 bridgehead atoms. The minimum atomic E-state index is -1.56. The number of rotatable bonds is 3. The van der Waals surface area contributed by atoms with Gasteiger partial charge in [-0.15, -0.1) is 0 Å². The van der Waals surface area contributed by atoms with E-state index >= 15 is 0 Å². The van der Waals surface area contributed by atoms with Gasteiger partial charge >= 0.3 is 5.69 Å². The minimum absolute atomic E-state index is 0.0260. The summed E-state index contributed by atoms with van der Waals surface area (Å²) in [6.07, 6.45) is 1.82. The van der Waals surface area contributed by atoms with Gasteiger partial charge in [-0.25, -0.2) is 4.79 Å². The van der Waals surface area contributed by atoms with Crippen molar-refractivity contribution in [2.75, 3.05) is 6.61 Å². The number of H-pyrrole nitrogens is 1. The summed E-state index contributed by atoms with van der Waals surface area (Å²) in [7, 11) is 0. The Balaban J connectivity index is 2.39. The molecule has 0 spiro atoms. The lowest BCUT2D eigenvalue weighted by Gasteiger charge is -2.22. The molecule has 0 radical (unpaired) electrons. The van der Waals surface area contributed by atoms with Gasteiger partial charge in [-0.2, -0.15) is 5.26 Å². The maximum absolute atomic E-state index is 11.8. The van der Waals surface area contributed by atoms with E-state index in [2.05, 4.69) is 4.98 Å². The first-order valence-electron chi connectivity index (χ1n) is 6.29. The molecule has 3 N–H and O–H groups in total. The molecule has 112 valence electrons. The highest BCUT2D eigenvalue weighted by Gasteiger charge is 2.46. The van der Waals surface area contributed by atoms with Crippen molar-refractivity contribution in [3.05, 3.63) is 44.8 Å². The number of ether oxygens (including phenoxy) is 1. The molecule has 2 heterocycles. The van der Waals surface area contributed by atoms with E-state index in [1.54, 1.807) is 6.07 Å². The molecule has 1 aliphatic heterocycles. The van der Waals surface area contributed by atoms with Crippen LogP contribution in [-0.4, -0.2) is 38.1 Å². The van der Waals surface area contributed by atoms with Crippen molar-refractivity contribution >= 4 is 0 Å². The van der Waals surface area contributed by atoms with Gasteiger partial charge in [-0.1, -0.05) is 0 Å². The number of aliphatic hydroxyl groups excluding tert-OH is 1. The van der Waals surface area contributed by atoms with Crippen molar-refractivity contribution in [1.82, 2.24) is 9.55 Å². The molecule has 1 saturated heterocycles. The Morgan fingerprint density at radius 3 is 3.00 bits per heavy atom. The van der Waals surface area contributed by atoms with E-state index in [0.29, 0.717) is 5.56 Å². The molecule has 8 heteroatoms. The number of hydrogen-bond donors (Lipinski definition) is 3. The van der Waals surface area contributed by atoms with Gasteiger partial charge in [-0.3, -0.25) is 14.3 Å². The van der Waals surface area contributed by atoms with Gasteiger partial charge in [0, 0.05) is 24.3 Å². The molecule has 1 fully saturated rings. The first-order valence-corrected chi connectivity index (χ1v) is 6.29. The Morgan fingerprint density at radius 1 is 1.67 bits per heavy atom. The smallest absolute Gasteiger partial charge is 0.330 e. The van der Waals surface area contributed by atoms with Crippen molar-refractivity contribution in [2.24, 2.45) is 0 Å². The molecule has 2 rings (SSSR count). The average Bonchev–Trinajstić information content (AvgIpc) is 2.78. The van der Waals surface area contributed by atoms with Crippen molar-refractivity contribution in [3.63, 3.8) is 0 Å². The fraction of sp³-hybridized carbons (Fsp3) is 0.462. The van der Waals surface area contributed by atoms with Gasteiger partial charge < -0.3 is 14.9 Å².